The number of rotatable bonds is 3. The summed E-state index contributed by atoms with van der Waals surface area (Å²) in [6.45, 7) is 0. The van der Waals surface area contributed by atoms with Crippen LogP contribution in [0, 0.1) is 0 Å². The highest BCUT2D eigenvalue weighted by Gasteiger charge is 2.32. The molecule has 19 heavy (non-hydrogen) atoms. The Labute approximate surface area is 129 Å². The lowest BCUT2D eigenvalue weighted by atomic mass is 10.1. The number of allylic oxidation sites excluding steroid dienone is 4. The SMILES string of the molecule is O=C1C(Cl)=C(Cl)C(=O)C(SCc2ccccc2)=C1Cl. The number of halogens is 3. The predicted octanol–water partition coefficient (Wildman–Crippen LogP) is 4.21. The zero-order valence-corrected chi connectivity index (χ0v) is 12.5. The summed E-state index contributed by atoms with van der Waals surface area (Å²) in [5, 5.41) is -0.757. The maximum Gasteiger partial charge on any atom is 0.218 e. The zero-order chi connectivity index (χ0) is 14.0. The van der Waals surface area contributed by atoms with Crippen LogP contribution in [-0.2, 0) is 15.3 Å². The lowest BCUT2D eigenvalue weighted by Crippen LogP contribution is -2.16. The zero-order valence-electron chi connectivity index (χ0n) is 9.45. The number of hydrogen-bond acceptors (Lipinski definition) is 3. The first-order valence-electron chi connectivity index (χ1n) is 5.23. The van der Waals surface area contributed by atoms with Gasteiger partial charge < -0.3 is 0 Å². The molecule has 0 spiro atoms. The maximum absolute atomic E-state index is 11.9. The molecule has 0 aliphatic heterocycles. The Morgan fingerprint density at radius 3 is 2.05 bits per heavy atom. The smallest absolute Gasteiger partial charge is 0.218 e. The summed E-state index contributed by atoms with van der Waals surface area (Å²) >= 11 is 18.4. The molecule has 6 heteroatoms. The van der Waals surface area contributed by atoms with Gasteiger partial charge in [0, 0.05) is 5.75 Å². The van der Waals surface area contributed by atoms with Gasteiger partial charge >= 0.3 is 0 Å². The van der Waals surface area contributed by atoms with Gasteiger partial charge in [0.1, 0.15) is 15.1 Å². The Morgan fingerprint density at radius 1 is 0.842 bits per heavy atom. The molecule has 0 saturated heterocycles. The van der Waals surface area contributed by atoms with E-state index >= 15 is 0 Å². The van der Waals surface area contributed by atoms with E-state index < -0.39 is 11.6 Å². The van der Waals surface area contributed by atoms with Crippen molar-refractivity contribution in [2.75, 3.05) is 0 Å². The number of benzene rings is 1. The Kier molecular flexibility index (Phi) is 4.74. The molecule has 0 bridgehead atoms. The van der Waals surface area contributed by atoms with E-state index in [0.717, 1.165) is 5.56 Å². The second-order valence-electron chi connectivity index (χ2n) is 3.70. The van der Waals surface area contributed by atoms with Crippen molar-refractivity contribution in [3.05, 3.63) is 55.9 Å². The molecular formula is C13H7Cl3O2S. The van der Waals surface area contributed by atoms with Gasteiger partial charge in [0.15, 0.2) is 0 Å². The summed E-state index contributed by atoms with van der Waals surface area (Å²) in [6, 6.07) is 9.52. The van der Waals surface area contributed by atoms with Gasteiger partial charge in [0.05, 0.1) is 4.91 Å². The molecule has 0 atom stereocenters. The molecule has 1 aliphatic carbocycles. The predicted molar refractivity (Wildman–Crippen MR) is 79.4 cm³/mol. The van der Waals surface area contributed by atoms with Crippen LogP contribution in [0.15, 0.2) is 50.3 Å². The van der Waals surface area contributed by atoms with E-state index in [4.69, 9.17) is 34.8 Å². The fraction of sp³-hybridized carbons (Fsp3) is 0.0769. The van der Waals surface area contributed by atoms with E-state index in [1.165, 1.54) is 11.8 Å². The lowest BCUT2D eigenvalue weighted by molar-refractivity contribution is -0.114. The van der Waals surface area contributed by atoms with Crippen molar-refractivity contribution in [3.8, 4) is 0 Å². The van der Waals surface area contributed by atoms with Crippen molar-refractivity contribution in [2.24, 2.45) is 0 Å². The Morgan fingerprint density at radius 2 is 1.42 bits per heavy atom. The molecule has 0 N–H and O–H groups in total. The topological polar surface area (TPSA) is 34.1 Å². The van der Waals surface area contributed by atoms with Gasteiger partial charge in [-0.2, -0.15) is 0 Å². The van der Waals surface area contributed by atoms with E-state index in [9.17, 15) is 9.59 Å². The van der Waals surface area contributed by atoms with Crippen molar-refractivity contribution < 1.29 is 9.59 Å². The fourth-order valence-corrected chi connectivity index (χ4v) is 3.22. The number of thioether (sulfide) groups is 1. The van der Waals surface area contributed by atoms with Gasteiger partial charge in [-0.1, -0.05) is 65.1 Å². The number of carbonyl (C=O) groups excluding carboxylic acids is 2. The van der Waals surface area contributed by atoms with Crippen LogP contribution in [0.4, 0.5) is 0 Å². The second-order valence-corrected chi connectivity index (χ2v) is 5.82. The van der Waals surface area contributed by atoms with Crippen LogP contribution in [0.1, 0.15) is 5.56 Å². The van der Waals surface area contributed by atoms with Crippen molar-refractivity contribution in [1.29, 1.82) is 0 Å². The number of ketones is 2. The summed E-state index contributed by atoms with van der Waals surface area (Å²) in [7, 11) is 0. The molecule has 1 aromatic carbocycles. The van der Waals surface area contributed by atoms with Gasteiger partial charge in [-0.05, 0) is 5.56 Å². The summed E-state index contributed by atoms with van der Waals surface area (Å²) in [4.78, 5) is 23.7. The van der Waals surface area contributed by atoms with Crippen LogP contribution in [0.25, 0.3) is 0 Å². The van der Waals surface area contributed by atoms with Gasteiger partial charge in [-0.15, -0.1) is 11.8 Å². The molecule has 0 heterocycles. The maximum atomic E-state index is 11.9. The van der Waals surface area contributed by atoms with Gasteiger partial charge in [0.25, 0.3) is 0 Å². The summed E-state index contributed by atoms with van der Waals surface area (Å²) < 4.78 is 0. The standard InChI is InChI=1S/C13H7Cl3O2S/c14-8-9(15)12(18)13(10(16)11(8)17)19-6-7-4-2-1-3-5-7/h1-5H,6H2. The molecule has 0 radical (unpaired) electrons. The van der Waals surface area contributed by atoms with Crippen molar-refractivity contribution in [2.45, 2.75) is 5.75 Å². The molecule has 1 aromatic rings. The molecular weight excluding hydrogens is 327 g/mol. The van der Waals surface area contributed by atoms with E-state index in [1.807, 2.05) is 30.3 Å². The molecule has 2 nitrogen and oxygen atoms in total. The third kappa shape index (κ3) is 3.06. The quantitative estimate of drug-likeness (QED) is 0.777. The minimum Gasteiger partial charge on any atom is -0.287 e. The Balaban J connectivity index is 2.21. The minimum absolute atomic E-state index is 0.143. The molecule has 0 unspecified atom stereocenters. The molecule has 2 rings (SSSR count). The van der Waals surface area contributed by atoms with Crippen LogP contribution in [0.3, 0.4) is 0 Å². The number of Topliss-reactive ketones (excluding diaryl/α,β-unsaturated/α-hetero) is 2. The third-order valence-electron chi connectivity index (χ3n) is 2.42. The normalized spacial score (nSPS) is 16.4. The largest absolute Gasteiger partial charge is 0.287 e. The van der Waals surface area contributed by atoms with Gasteiger partial charge in [0.2, 0.25) is 11.6 Å². The highest BCUT2D eigenvalue weighted by molar-refractivity contribution is 8.03. The average molecular weight is 334 g/mol. The van der Waals surface area contributed by atoms with E-state index in [1.54, 1.807) is 0 Å². The fourth-order valence-electron chi connectivity index (χ4n) is 1.46. The lowest BCUT2D eigenvalue weighted by Gasteiger charge is -2.14. The summed E-state index contributed by atoms with van der Waals surface area (Å²) in [5.74, 6) is -0.589. The van der Waals surface area contributed by atoms with Crippen molar-refractivity contribution >= 4 is 58.1 Å². The van der Waals surface area contributed by atoms with Crippen molar-refractivity contribution in [3.63, 3.8) is 0 Å². The summed E-state index contributed by atoms with van der Waals surface area (Å²) in [5.41, 5.74) is 1.02. The molecule has 0 fully saturated rings. The first kappa shape index (κ1) is 14.7. The highest BCUT2D eigenvalue weighted by Crippen LogP contribution is 2.37. The molecule has 0 saturated carbocycles. The van der Waals surface area contributed by atoms with Crippen molar-refractivity contribution in [1.82, 2.24) is 0 Å². The first-order valence-corrected chi connectivity index (χ1v) is 7.35. The van der Waals surface area contributed by atoms with Gasteiger partial charge in [-0.25, -0.2) is 0 Å². The van der Waals surface area contributed by atoms with Gasteiger partial charge in [-0.3, -0.25) is 9.59 Å². The highest BCUT2D eigenvalue weighted by atomic mass is 35.5. The van der Waals surface area contributed by atoms with Crippen LogP contribution in [0.2, 0.25) is 0 Å². The average Bonchev–Trinajstić information content (AvgIpc) is 2.44. The monoisotopic (exact) mass is 332 g/mol. The minimum atomic E-state index is -0.608. The Hall–Kier alpha value is -0.740. The van der Waals surface area contributed by atoms with Crippen LogP contribution in [-0.4, -0.2) is 11.6 Å². The molecule has 0 amide bonds. The number of carbonyl (C=O) groups is 2. The third-order valence-corrected chi connectivity index (χ3v) is 4.87. The van der Waals surface area contributed by atoms with Crippen LogP contribution < -0.4 is 0 Å². The summed E-state index contributed by atoms with van der Waals surface area (Å²) in [6.07, 6.45) is 0. The first-order chi connectivity index (χ1) is 9.02. The van der Waals surface area contributed by atoms with Crippen LogP contribution >= 0.6 is 46.6 Å². The van der Waals surface area contributed by atoms with E-state index in [2.05, 4.69) is 0 Å². The number of hydrogen-bond donors (Lipinski definition) is 0. The second kappa shape index (κ2) is 6.14. The Bertz CT molecular complexity index is 606. The molecule has 1 aliphatic rings. The van der Waals surface area contributed by atoms with E-state index in [0.29, 0.717) is 5.75 Å². The molecule has 98 valence electrons. The molecule has 0 aromatic heterocycles. The van der Waals surface area contributed by atoms with Crippen LogP contribution in [0.5, 0.6) is 0 Å². The van der Waals surface area contributed by atoms with E-state index in [-0.39, 0.29) is 20.0 Å².